The van der Waals surface area contributed by atoms with Crippen LogP contribution in [0.25, 0.3) is 0 Å². The summed E-state index contributed by atoms with van der Waals surface area (Å²) in [5.41, 5.74) is -1.41. The summed E-state index contributed by atoms with van der Waals surface area (Å²) in [6.07, 6.45) is 3.10. The molecule has 0 N–H and O–H groups in total. The van der Waals surface area contributed by atoms with Crippen molar-refractivity contribution in [1.29, 1.82) is 0 Å². The third-order valence-corrected chi connectivity index (χ3v) is 6.88. The van der Waals surface area contributed by atoms with Crippen LogP contribution in [0.4, 0.5) is 13.2 Å². The van der Waals surface area contributed by atoms with Gasteiger partial charge in [-0.25, -0.2) is 0 Å². The van der Waals surface area contributed by atoms with Gasteiger partial charge in [0.15, 0.2) is 6.29 Å². The minimum Gasteiger partial charge on any atom is -0.469 e. The molecule has 2 heterocycles. The Morgan fingerprint density at radius 3 is 2.76 bits per heavy atom. The number of rotatable bonds is 8. The summed E-state index contributed by atoms with van der Waals surface area (Å²) in [5, 5.41) is 0. The van der Waals surface area contributed by atoms with Crippen molar-refractivity contribution in [2.24, 2.45) is 11.3 Å². The van der Waals surface area contributed by atoms with Crippen molar-refractivity contribution >= 4 is 5.97 Å². The molecule has 4 atom stereocenters. The molecule has 29 heavy (non-hydrogen) atoms. The molecule has 0 aromatic heterocycles. The van der Waals surface area contributed by atoms with Gasteiger partial charge in [-0.1, -0.05) is 19.8 Å². The minimum absolute atomic E-state index is 0.101. The maximum absolute atomic E-state index is 13.6. The lowest BCUT2D eigenvalue weighted by molar-refractivity contribution is -0.176. The smallest absolute Gasteiger partial charge is 0.392 e. The van der Waals surface area contributed by atoms with Gasteiger partial charge in [-0.05, 0) is 57.9 Å². The number of carbonyl (C=O) groups is 1. The summed E-state index contributed by atoms with van der Waals surface area (Å²) in [5.74, 6) is -1.24. The second-order valence-electron chi connectivity index (χ2n) is 8.92. The summed E-state index contributed by atoms with van der Waals surface area (Å²) in [6.45, 7) is 4.37. The van der Waals surface area contributed by atoms with Gasteiger partial charge in [-0.2, -0.15) is 13.2 Å². The average Bonchev–Trinajstić information content (AvgIpc) is 3.09. The van der Waals surface area contributed by atoms with E-state index < -0.39 is 29.4 Å². The highest BCUT2D eigenvalue weighted by molar-refractivity contribution is 5.75. The zero-order valence-electron chi connectivity index (χ0n) is 17.5. The molecule has 3 rings (SSSR count). The predicted molar refractivity (Wildman–Crippen MR) is 102 cm³/mol. The van der Waals surface area contributed by atoms with Crippen LogP contribution in [-0.2, 0) is 19.0 Å². The van der Waals surface area contributed by atoms with Crippen LogP contribution in [0.3, 0.4) is 0 Å². The zero-order valence-corrected chi connectivity index (χ0v) is 17.5. The van der Waals surface area contributed by atoms with E-state index in [1.54, 1.807) is 6.08 Å². The highest BCUT2D eigenvalue weighted by Gasteiger charge is 2.63. The van der Waals surface area contributed by atoms with Crippen LogP contribution in [0.2, 0.25) is 0 Å². The Morgan fingerprint density at radius 1 is 1.31 bits per heavy atom. The Bertz CT molecular complexity index is 612. The van der Waals surface area contributed by atoms with Gasteiger partial charge in [0.2, 0.25) is 0 Å². The molecule has 0 radical (unpaired) electrons. The molecular weight excluding hydrogens is 385 g/mol. The first-order valence-corrected chi connectivity index (χ1v) is 11.0. The molecule has 1 saturated carbocycles. The molecule has 1 aliphatic carbocycles. The predicted octanol–water partition coefficient (Wildman–Crippen LogP) is 6.05. The molecule has 0 aromatic rings. The van der Waals surface area contributed by atoms with E-state index >= 15 is 0 Å². The van der Waals surface area contributed by atoms with Crippen molar-refractivity contribution < 1.29 is 32.2 Å². The third kappa shape index (κ3) is 4.75. The van der Waals surface area contributed by atoms with Gasteiger partial charge < -0.3 is 14.2 Å². The SMILES string of the molecule is CCCC[C@@H](CC=C(OC1CCCCO1)C12CCCC1(C)OC(=O)C2)C(F)(F)F. The monoisotopic (exact) mass is 418 g/mol. The van der Waals surface area contributed by atoms with Crippen LogP contribution in [0, 0.1) is 11.3 Å². The number of allylic oxidation sites excluding steroid dienone is 1. The lowest BCUT2D eigenvalue weighted by Crippen LogP contribution is -2.41. The summed E-state index contributed by atoms with van der Waals surface area (Å²) in [6, 6.07) is 0. The molecule has 3 aliphatic rings. The normalized spacial score (nSPS) is 34.0. The van der Waals surface area contributed by atoms with E-state index in [9.17, 15) is 18.0 Å². The van der Waals surface area contributed by atoms with Crippen LogP contribution in [0.5, 0.6) is 0 Å². The quantitative estimate of drug-likeness (QED) is 0.356. The third-order valence-electron chi connectivity index (χ3n) is 6.88. The molecule has 0 aromatic carbocycles. The average molecular weight is 418 g/mol. The first kappa shape index (κ1) is 22.4. The molecule has 0 amide bonds. The summed E-state index contributed by atoms with van der Waals surface area (Å²) in [4.78, 5) is 12.2. The number of alkyl halides is 3. The molecular formula is C22H33F3O4. The van der Waals surface area contributed by atoms with Crippen molar-refractivity contribution in [2.45, 2.75) is 103 Å². The van der Waals surface area contributed by atoms with Crippen molar-refractivity contribution in [2.75, 3.05) is 6.61 Å². The molecule has 2 saturated heterocycles. The van der Waals surface area contributed by atoms with Gasteiger partial charge in [0, 0.05) is 6.42 Å². The van der Waals surface area contributed by atoms with Crippen molar-refractivity contribution in [3.8, 4) is 0 Å². The molecule has 0 spiro atoms. The van der Waals surface area contributed by atoms with Crippen LogP contribution in [0.1, 0.15) is 84.5 Å². The summed E-state index contributed by atoms with van der Waals surface area (Å²) >= 11 is 0. The van der Waals surface area contributed by atoms with E-state index in [0.29, 0.717) is 38.0 Å². The van der Waals surface area contributed by atoms with E-state index in [2.05, 4.69) is 0 Å². The maximum atomic E-state index is 13.6. The van der Waals surface area contributed by atoms with Crippen molar-refractivity contribution in [3.05, 3.63) is 11.8 Å². The Balaban J connectivity index is 1.88. The molecule has 2 aliphatic heterocycles. The van der Waals surface area contributed by atoms with Gasteiger partial charge >= 0.3 is 12.1 Å². The van der Waals surface area contributed by atoms with Gasteiger partial charge in [-0.3, -0.25) is 4.79 Å². The van der Waals surface area contributed by atoms with Crippen molar-refractivity contribution in [1.82, 2.24) is 0 Å². The van der Waals surface area contributed by atoms with Gasteiger partial charge in [0.25, 0.3) is 0 Å². The number of hydrogen-bond donors (Lipinski definition) is 0. The van der Waals surface area contributed by atoms with Crippen LogP contribution in [-0.4, -0.2) is 30.6 Å². The number of fused-ring (bicyclic) bond motifs is 1. The number of carbonyl (C=O) groups excluding carboxylic acids is 1. The first-order chi connectivity index (χ1) is 13.7. The van der Waals surface area contributed by atoms with Crippen molar-refractivity contribution in [3.63, 3.8) is 0 Å². The van der Waals surface area contributed by atoms with Crippen LogP contribution >= 0.6 is 0 Å². The second-order valence-corrected chi connectivity index (χ2v) is 8.92. The number of hydrogen-bond acceptors (Lipinski definition) is 4. The summed E-state index contributed by atoms with van der Waals surface area (Å²) < 4.78 is 58.2. The van der Waals surface area contributed by atoms with E-state index in [1.807, 2.05) is 13.8 Å². The van der Waals surface area contributed by atoms with E-state index in [-0.39, 0.29) is 25.2 Å². The van der Waals surface area contributed by atoms with E-state index in [4.69, 9.17) is 14.2 Å². The Morgan fingerprint density at radius 2 is 2.10 bits per heavy atom. The topological polar surface area (TPSA) is 44.8 Å². The van der Waals surface area contributed by atoms with Gasteiger partial charge in [0.1, 0.15) is 11.4 Å². The Labute approximate surface area is 171 Å². The van der Waals surface area contributed by atoms with Crippen LogP contribution in [0.15, 0.2) is 11.8 Å². The molecule has 0 bridgehead atoms. The lowest BCUT2D eigenvalue weighted by atomic mass is 9.72. The van der Waals surface area contributed by atoms with E-state index in [0.717, 1.165) is 25.7 Å². The standard InChI is InChI=1S/C22H33F3O4/c1-3-4-8-16(22(23,24)25)10-11-17(28-19-9-5-6-14-27-19)21-13-7-12-20(21,2)29-18(26)15-21/h11,16,19H,3-10,12-15H2,1-2H3/t16-,19?,20?,21?/m0/s1. The maximum Gasteiger partial charge on any atom is 0.392 e. The minimum atomic E-state index is -4.25. The second kappa shape index (κ2) is 8.86. The largest absolute Gasteiger partial charge is 0.469 e. The highest BCUT2D eigenvalue weighted by Crippen LogP contribution is 2.60. The Hall–Kier alpha value is -1.24. The van der Waals surface area contributed by atoms with Gasteiger partial charge in [0.05, 0.1) is 24.4 Å². The highest BCUT2D eigenvalue weighted by atomic mass is 19.4. The Kier molecular flexibility index (Phi) is 6.86. The molecule has 166 valence electrons. The molecule has 3 unspecified atom stereocenters. The first-order valence-electron chi connectivity index (χ1n) is 11.0. The zero-order chi connectivity index (χ0) is 21.1. The van der Waals surface area contributed by atoms with Crippen LogP contribution < -0.4 is 0 Å². The molecule has 7 heteroatoms. The fourth-order valence-corrected chi connectivity index (χ4v) is 5.08. The number of unbranched alkanes of at least 4 members (excludes halogenated alkanes) is 1. The number of esters is 1. The summed E-state index contributed by atoms with van der Waals surface area (Å²) in [7, 11) is 0. The molecule has 4 nitrogen and oxygen atoms in total. The molecule has 3 fully saturated rings. The fraction of sp³-hybridized carbons (Fsp3) is 0.864. The fourth-order valence-electron chi connectivity index (χ4n) is 5.08. The lowest BCUT2D eigenvalue weighted by Gasteiger charge is -2.39. The van der Waals surface area contributed by atoms with E-state index in [1.165, 1.54) is 0 Å². The van der Waals surface area contributed by atoms with Gasteiger partial charge in [-0.15, -0.1) is 0 Å². The number of ether oxygens (including phenoxy) is 3. The number of halogens is 3.